The molecule has 2 aromatic heterocycles. The molecule has 0 aliphatic carbocycles. The number of fused-ring (bicyclic) bond motifs is 2. The van der Waals surface area contributed by atoms with Crippen molar-refractivity contribution >= 4 is 44.9 Å². The van der Waals surface area contributed by atoms with Crippen LogP contribution >= 0.6 is 22.6 Å². The zero-order valence-electron chi connectivity index (χ0n) is 17.1. The van der Waals surface area contributed by atoms with E-state index in [2.05, 4.69) is 96.5 Å². The number of imidazole rings is 1. The van der Waals surface area contributed by atoms with Crippen LogP contribution in [0.1, 0.15) is 26.3 Å². The second kappa shape index (κ2) is 7.16. The van der Waals surface area contributed by atoms with E-state index in [4.69, 9.17) is 15.0 Å². The van der Waals surface area contributed by atoms with Crippen LogP contribution < -0.4 is 0 Å². The third-order valence-electron chi connectivity index (χ3n) is 5.25. The van der Waals surface area contributed by atoms with Crippen molar-refractivity contribution in [3.8, 4) is 17.1 Å². The van der Waals surface area contributed by atoms with Gasteiger partial charge in [0.2, 0.25) is 0 Å². The Morgan fingerprint density at radius 3 is 2.13 bits per heavy atom. The van der Waals surface area contributed by atoms with Crippen LogP contribution in [0.3, 0.4) is 0 Å². The van der Waals surface area contributed by atoms with Gasteiger partial charge >= 0.3 is 0 Å². The molecule has 5 heteroatoms. The Balaban J connectivity index is 1.80. The number of benzene rings is 3. The van der Waals surface area contributed by atoms with Gasteiger partial charge in [0, 0.05) is 9.13 Å². The van der Waals surface area contributed by atoms with Crippen molar-refractivity contribution in [2.75, 3.05) is 0 Å². The molecule has 30 heavy (non-hydrogen) atoms. The first-order chi connectivity index (χ1) is 14.4. The summed E-state index contributed by atoms with van der Waals surface area (Å²) in [5.74, 6) is 0.850. The van der Waals surface area contributed by atoms with Crippen molar-refractivity contribution < 1.29 is 0 Å². The van der Waals surface area contributed by atoms with E-state index < -0.39 is 0 Å². The van der Waals surface area contributed by atoms with Crippen LogP contribution in [0.25, 0.3) is 39.4 Å². The monoisotopic (exact) mass is 504 g/mol. The molecule has 0 radical (unpaired) electrons. The van der Waals surface area contributed by atoms with Gasteiger partial charge in [-0.05, 0) is 63.9 Å². The minimum absolute atomic E-state index is 0.106. The molecule has 0 unspecified atom stereocenters. The predicted molar refractivity (Wildman–Crippen MR) is 131 cm³/mol. The molecule has 0 N–H and O–H groups in total. The normalized spacial score (nSPS) is 12.0. The molecule has 0 aliphatic heterocycles. The van der Waals surface area contributed by atoms with Crippen molar-refractivity contribution in [2.45, 2.75) is 26.2 Å². The first-order valence-electron chi connectivity index (χ1n) is 9.92. The molecule has 0 fully saturated rings. The summed E-state index contributed by atoms with van der Waals surface area (Å²) in [4.78, 5) is 14.6. The number of para-hydroxylation sites is 2. The summed E-state index contributed by atoms with van der Waals surface area (Å²) in [5.41, 5.74) is 6.63. The van der Waals surface area contributed by atoms with Gasteiger partial charge in [-0.3, -0.25) is 4.57 Å². The van der Waals surface area contributed by atoms with E-state index >= 15 is 0 Å². The molecule has 5 aromatic rings. The average molecular weight is 504 g/mol. The van der Waals surface area contributed by atoms with Gasteiger partial charge in [-0.1, -0.05) is 63.2 Å². The van der Waals surface area contributed by atoms with Crippen LogP contribution in [-0.2, 0) is 5.41 Å². The summed E-state index contributed by atoms with van der Waals surface area (Å²) in [6.07, 6.45) is 0. The van der Waals surface area contributed by atoms with E-state index in [0.29, 0.717) is 5.65 Å². The van der Waals surface area contributed by atoms with E-state index in [0.717, 1.165) is 37.3 Å². The molecule has 2 heterocycles. The van der Waals surface area contributed by atoms with Gasteiger partial charge < -0.3 is 0 Å². The third kappa shape index (κ3) is 3.37. The molecule has 0 aliphatic rings. The maximum atomic E-state index is 4.92. The van der Waals surface area contributed by atoms with Gasteiger partial charge in [0.1, 0.15) is 5.82 Å². The molecule has 0 spiro atoms. The smallest absolute Gasteiger partial charge is 0.199 e. The molecular formula is C25H21IN4. The quantitative estimate of drug-likeness (QED) is 0.257. The highest BCUT2D eigenvalue weighted by Gasteiger charge is 2.19. The number of aromatic nitrogens is 4. The molecule has 0 bridgehead atoms. The Labute approximate surface area is 189 Å². The topological polar surface area (TPSA) is 43.6 Å². The minimum Gasteiger partial charge on any atom is -0.275 e. The van der Waals surface area contributed by atoms with Crippen molar-refractivity contribution in [3.63, 3.8) is 0 Å². The fourth-order valence-electron chi connectivity index (χ4n) is 3.63. The van der Waals surface area contributed by atoms with Crippen LogP contribution in [0, 0.1) is 3.57 Å². The second-order valence-corrected chi connectivity index (χ2v) is 9.68. The largest absolute Gasteiger partial charge is 0.275 e. The predicted octanol–water partition coefficient (Wildman–Crippen LogP) is 6.54. The molecule has 0 amide bonds. The molecule has 0 atom stereocenters. The summed E-state index contributed by atoms with van der Waals surface area (Å²) in [6.45, 7) is 6.67. The van der Waals surface area contributed by atoms with Crippen molar-refractivity contribution in [3.05, 3.63) is 81.9 Å². The Morgan fingerprint density at radius 1 is 0.767 bits per heavy atom. The fourth-order valence-corrected chi connectivity index (χ4v) is 4.16. The van der Waals surface area contributed by atoms with Crippen LogP contribution in [0.5, 0.6) is 0 Å². The van der Waals surface area contributed by atoms with Gasteiger partial charge in [-0.25, -0.2) is 15.0 Å². The van der Waals surface area contributed by atoms with Gasteiger partial charge in [-0.2, -0.15) is 0 Å². The summed E-state index contributed by atoms with van der Waals surface area (Å²) < 4.78 is 3.28. The zero-order chi connectivity index (χ0) is 20.9. The maximum absolute atomic E-state index is 4.92. The lowest BCUT2D eigenvalue weighted by atomic mass is 9.87. The number of halogens is 1. The molecule has 0 saturated heterocycles. The Morgan fingerprint density at radius 2 is 1.47 bits per heavy atom. The van der Waals surface area contributed by atoms with Crippen molar-refractivity contribution in [2.24, 2.45) is 0 Å². The SMILES string of the molecule is CC(C)(C)c1ccc(-c2nc3nc4ccccc4nc3n2-c2cccc(I)c2)cc1. The standard InChI is InChI=1S/C25H21IN4/c1-25(2,3)17-13-11-16(12-14-17)23-29-22-24(28-21-10-5-4-9-20(21)27-22)30(23)19-8-6-7-18(26)15-19/h4-15H,1-3H3. The van der Waals surface area contributed by atoms with Crippen LogP contribution in [0.4, 0.5) is 0 Å². The summed E-state index contributed by atoms with van der Waals surface area (Å²) in [5, 5.41) is 0. The van der Waals surface area contributed by atoms with Crippen LogP contribution in [-0.4, -0.2) is 19.5 Å². The Kier molecular flexibility index (Phi) is 4.58. The lowest BCUT2D eigenvalue weighted by molar-refractivity contribution is 0.590. The zero-order valence-corrected chi connectivity index (χ0v) is 19.3. The van der Waals surface area contributed by atoms with Crippen molar-refractivity contribution in [1.29, 1.82) is 0 Å². The number of rotatable bonds is 2. The molecule has 0 saturated carbocycles. The van der Waals surface area contributed by atoms with Crippen molar-refractivity contribution in [1.82, 2.24) is 19.5 Å². The highest BCUT2D eigenvalue weighted by atomic mass is 127. The molecule has 3 aromatic carbocycles. The first-order valence-corrected chi connectivity index (χ1v) is 11.0. The van der Waals surface area contributed by atoms with Crippen LogP contribution in [0.2, 0.25) is 0 Å². The van der Waals surface area contributed by atoms with E-state index in [1.807, 2.05) is 24.3 Å². The molecule has 148 valence electrons. The van der Waals surface area contributed by atoms with E-state index in [9.17, 15) is 0 Å². The number of nitrogens with zero attached hydrogens (tertiary/aromatic N) is 4. The Bertz CT molecular complexity index is 1380. The van der Waals surface area contributed by atoms with Gasteiger partial charge in [0.05, 0.1) is 16.7 Å². The summed E-state index contributed by atoms with van der Waals surface area (Å²) in [6, 6.07) is 25.0. The van der Waals surface area contributed by atoms with E-state index in [1.165, 1.54) is 5.56 Å². The lowest BCUT2D eigenvalue weighted by Gasteiger charge is -2.19. The minimum atomic E-state index is 0.106. The Hall–Kier alpha value is -2.80. The molecular weight excluding hydrogens is 483 g/mol. The van der Waals surface area contributed by atoms with Gasteiger partial charge in [0.25, 0.3) is 0 Å². The molecule has 4 nitrogen and oxygen atoms in total. The van der Waals surface area contributed by atoms with Gasteiger partial charge in [0.15, 0.2) is 11.3 Å². The third-order valence-corrected chi connectivity index (χ3v) is 5.92. The number of hydrogen-bond acceptors (Lipinski definition) is 3. The summed E-state index contributed by atoms with van der Waals surface area (Å²) in [7, 11) is 0. The second-order valence-electron chi connectivity index (χ2n) is 8.44. The maximum Gasteiger partial charge on any atom is 0.199 e. The van der Waals surface area contributed by atoms with E-state index in [-0.39, 0.29) is 5.41 Å². The average Bonchev–Trinajstić information content (AvgIpc) is 3.10. The lowest BCUT2D eigenvalue weighted by Crippen LogP contribution is -2.10. The summed E-state index contributed by atoms with van der Waals surface area (Å²) >= 11 is 2.34. The first kappa shape index (κ1) is 19.2. The van der Waals surface area contributed by atoms with Gasteiger partial charge in [-0.15, -0.1) is 0 Å². The fraction of sp³-hybridized carbons (Fsp3) is 0.160. The van der Waals surface area contributed by atoms with Crippen LogP contribution in [0.15, 0.2) is 72.8 Å². The highest BCUT2D eigenvalue weighted by molar-refractivity contribution is 14.1. The molecule has 5 rings (SSSR count). The van der Waals surface area contributed by atoms with E-state index in [1.54, 1.807) is 0 Å². The number of hydrogen-bond donors (Lipinski definition) is 0. The highest BCUT2D eigenvalue weighted by Crippen LogP contribution is 2.30.